The van der Waals surface area contributed by atoms with Crippen molar-refractivity contribution in [3.63, 3.8) is 0 Å². The second kappa shape index (κ2) is 35.5. The molecule has 0 atom stereocenters. The van der Waals surface area contributed by atoms with Gasteiger partial charge < -0.3 is 0 Å². The topological polar surface area (TPSA) is 0 Å². The van der Waals surface area contributed by atoms with E-state index in [9.17, 15) is 0 Å². The van der Waals surface area contributed by atoms with E-state index in [1.807, 2.05) is 6.08 Å². The number of hydrogen-bond acceptors (Lipinski definition) is 0. The Kier molecular flexibility index (Phi) is 35.0. The Bertz CT molecular complexity index is 420. The summed E-state index contributed by atoms with van der Waals surface area (Å²) in [5, 5.41) is 0. The number of allylic oxidation sites excluding steroid dienone is 3. The maximum absolute atomic E-state index is 3.72. The highest BCUT2D eigenvalue weighted by Gasteiger charge is 1.97. The molecule has 0 saturated carbocycles. The van der Waals surface area contributed by atoms with E-state index in [1.54, 1.807) is 0 Å². The lowest BCUT2D eigenvalue weighted by atomic mass is 10.0. The molecule has 0 aromatic heterocycles. The predicted octanol–water partition coefficient (Wildman–Crippen LogP) is 14.2. The fourth-order valence-electron chi connectivity index (χ4n) is 5.65. The normalized spacial score (nSPS) is 11.6. The van der Waals surface area contributed by atoms with Crippen LogP contribution in [0.2, 0.25) is 0 Å². The first-order chi connectivity index (χ1) is 18.4. The van der Waals surface area contributed by atoms with Gasteiger partial charge in [0.25, 0.3) is 0 Å². The van der Waals surface area contributed by atoms with Crippen LogP contribution in [0.4, 0.5) is 0 Å². The van der Waals surface area contributed by atoms with Gasteiger partial charge in [0.05, 0.1) is 0 Å². The van der Waals surface area contributed by atoms with Gasteiger partial charge in [-0.2, -0.15) is 0 Å². The summed E-state index contributed by atoms with van der Waals surface area (Å²) in [6, 6.07) is 0. The Morgan fingerprint density at radius 2 is 0.541 bits per heavy atom. The Morgan fingerprint density at radius 1 is 0.324 bits per heavy atom. The van der Waals surface area contributed by atoms with Crippen molar-refractivity contribution < 1.29 is 0 Å². The summed E-state index contributed by atoms with van der Waals surface area (Å²) >= 11 is 0. The molecular formula is C37H72. The average Bonchev–Trinajstić information content (AvgIpc) is 2.91. The van der Waals surface area contributed by atoms with Gasteiger partial charge in [-0.05, 0) is 12.8 Å². The number of hydrogen-bond donors (Lipinski definition) is 0. The monoisotopic (exact) mass is 517 g/mol. The van der Waals surface area contributed by atoms with Gasteiger partial charge in [0, 0.05) is 0 Å². The molecule has 0 aromatic rings. The summed E-state index contributed by atoms with van der Waals surface area (Å²) in [5.41, 5.74) is 0. The minimum Gasteiger partial charge on any atom is -0.0991 e. The Morgan fingerprint density at radius 3 is 0.757 bits per heavy atom. The zero-order valence-electron chi connectivity index (χ0n) is 26.1. The minimum atomic E-state index is 1.23. The van der Waals surface area contributed by atoms with Crippen molar-refractivity contribution in [2.45, 2.75) is 212 Å². The van der Waals surface area contributed by atoms with Crippen LogP contribution in [-0.2, 0) is 0 Å². The summed E-state index contributed by atoms with van der Waals surface area (Å²) in [4.78, 5) is 0. The molecule has 0 rings (SSSR count). The van der Waals surface area contributed by atoms with Crippen molar-refractivity contribution >= 4 is 0 Å². The molecule has 0 bridgehead atoms. The van der Waals surface area contributed by atoms with Crippen molar-refractivity contribution in [3.8, 4) is 0 Å². The third-order valence-corrected chi connectivity index (χ3v) is 8.25. The lowest BCUT2D eigenvalue weighted by molar-refractivity contribution is 0.512. The molecule has 0 nitrogen and oxygen atoms in total. The molecule has 0 aliphatic carbocycles. The van der Waals surface area contributed by atoms with Crippen molar-refractivity contribution in [2.75, 3.05) is 0 Å². The first-order valence-electron chi connectivity index (χ1n) is 17.7. The van der Waals surface area contributed by atoms with Crippen LogP contribution in [0.3, 0.4) is 0 Å². The molecule has 0 aliphatic rings. The van der Waals surface area contributed by atoms with Gasteiger partial charge in [-0.25, -0.2) is 0 Å². The van der Waals surface area contributed by atoms with Gasteiger partial charge in [0.15, 0.2) is 0 Å². The second-order valence-corrected chi connectivity index (χ2v) is 12.1. The number of unbranched alkanes of at least 4 members (excludes halogenated alkanes) is 31. The van der Waals surface area contributed by atoms with Crippen LogP contribution in [0.1, 0.15) is 212 Å². The molecule has 0 N–H and O–H groups in total. The highest BCUT2D eigenvalue weighted by molar-refractivity contribution is 4.96. The van der Waals surface area contributed by atoms with Crippen LogP contribution in [0.5, 0.6) is 0 Å². The molecule has 220 valence electrons. The molecule has 0 fully saturated rings. The fourth-order valence-corrected chi connectivity index (χ4v) is 5.65. The Hall–Kier alpha value is -0.520. The van der Waals surface area contributed by atoms with Gasteiger partial charge in [0.1, 0.15) is 0 Å². The molecule has 0 heteroatoms. The molecule has 0 aromatic carbocycles. The van der Waals surface area contributed by atoms with E-state index in [2.05, 4.69) is 25.7 Å². The summed E-state index contributed by atoms with van der Waals surface area (Å²) in [5.74, 6) is 0. The zero-order valence-corrected chi connectivity index (χ0v) is 26.1. The lowest BCUT2D eigenvalue weighted by Crippen LogP contribution is -1.85. The predicted molar refractivity (Wildman–Crippen MR) is 173 cm³/mol. The van der Waals surface area contributed by atoms with Crippen LogP contribution in [0, 0.1) is 0 Å². The van der Waals surface area contributed by atoms with Crippen molar-refractivity contribution in [3.05, 3.63) is 24.8 Å². The third-order valence-electron chi connectivity index (χ3n) is 8.25. The molecule has 0 aliphatic heterocycles. The first kappa shape index (κ1) is 36.5. The third kappa shape index (κ3) is 35.5. The average molecular weight is 517 g/mol. The summed E-state index contributed by atoms with van der Waals surface area (Å²) in [6.07, 6.45) is 53.0. The number of rotatable bonds is 33. The van der Waals surface area contributed by atoms with Crippen LogP contribution in [-0.4, -0.2) is 0 Å². The van der Waals surface area contributed by atoms with E-state index in [0.717, 1.165) is 0 Å². The molecule has 37 heavy (non-hydrogen) atoms. The highest BCUT2D eigenvalue weighted by Crippen LogP contribution is 2.16. The standard InChI is InChI=1S/C37H72/c1-3-5-7-9-11-13-15-17-19-21-23-25-27-29-31-33-35-37-36-34-32-30-28-26-24-22-20-18-16-14-12-10-8-6-4-2/h3,5,7H,1,4,6,8-37H2,2H3. The Labute approximate surface area is 236 Å². The van der Waals surface area contributed by atoms with Gasteiger partial charge in [-0.1, -0.05) is 224 Å². The minimum absolute atomic E-state index is 1.23. The van der Waals surface area contributed by atoms with Crippen LogP contribution >= 0.6 is 0 Å². The molecule has 0 saturated heterocycles. The molecule has 0 heterocycles. The van der Waals surface area contributed by atoms with Gasteiger partial charge >= 0.3 is 0 Å². The van der Waals surface area contributed by atoms with E-state index in [4.69, 9.17) is 0 Å². The first-order valence-corrected chi connectivity index (χ1v) is 17.7. The van der Waals surface area contributed by atoms with E-state index < -0.39 is 0 Å². The highest BCUT2D eigenvalue weighted by atomic mass is 14.0. The molecule has 0 amide bonds. The van der Waals surface area contributed by atoms with Gasteiger partial charge in [0.2, 0.25) is 0 Å². The van der Waals surface area contributed by atoms with E-state index in [0.29, 0.717) is 0 Å². The van der Waals surface area contributed by atoms with Crippen molar-refractivity contribution in [2.24, 2.45) is 0 Å². The largest absolute Gasteiger partial charge is 0.0991 e. The fraction of sp³-hybridized carbons (Fsp3) is 0.892. The van der Waals surface area contributed by atoms with Crippen LogP contribution in [0.25, 0.3) is 0 Å². The lowest BCUT2D eigenvalue weighted by Gasteiger charge is -2.04. The van der Waals surface area contributed by atoms with E-state index in [-0.39, 0.29) is 0 Å². The summed E-state index contributed by atoms with van der Waals surface area (Å²) in [7, 11) is 0. The molecule has 0 spiro atoms. The maximum atomic E-state index is 3.72. The van der Waals surface area contributed by atoms with E-state index in [1.165, 1.54) is 205 Å². The van der Waals surface area contributed by atoms with E-state index >= 15 is 0 Å². The smallest absolute Gasteiger partial charge is 0.0348 e. The summed E-state index contributed by atoms with van der Waals surface area (Å²) < 4.78 is 0. The molecular weight excluding hydrogens is 444 g/mol. The maximum Gasteiger partial charge on any atom is -0.0348 e. The Balaban J connectivity index is 3.02. The van der Waals surface area contributed by atoms with Gasteiger partial charge in [-0.15, -0.1) is 0 Å². The zero-order chi connectivity index (χ0) is 26.7. The van der Waals surface area contributed by atoms with Crippen molar-refractivity contribution in [1.82, 2.24) is 0 Å². The quantitative estimate of drug-likeness (QED) is 0.0601. The van der Waals surface area contributed by atoms with Crippen LogP contribution < -0.4 is 0 Å². The molecule has 0 radical (unpaired) electrons. The SMILES string of the molecule is C=CC=CCCCCCCCCCCCCCCCCCCCCCCCCCCCCCCCCC. The molecule has 0 unspecified atom stereocenters. The van der Waals surface area contributed by atoms with Gasteiger partial charge in [-0.3, -0.25) is 0 Å². The van der Waals surface area contributed by atoms with Crippen molar-refractivity contribution in [1.29, 1.82) is 0 Å². The summed E-state index contributed by atoms with van der Waals surface area (Å²) in [6.45, 7) is 6.02. The second-order valence-electron chi connectivity index (χ2n) is 12.1. The van der Waals surface area contributed by atoms with Crippen LogP contribution in [0.15, 0.2) is 24.8 Å².